The van der Waals surface area contributed by atoms with Crippen LogP contribution in [-0.4, -0.2) is 5.11 Å². The van der Waals surface area contributed by atoms with Crippen LogP contribution in [0.5, 0.6) is 0 Å². The van der Waals surface area contributed by atoms with Crippen LogP contribution in [0.1, 0.15) is 16.7 Å². The molecule has 0 bridgehead atoms. The fraction of sp³-hybridized carbons (Fsp3) is 0.333. The van der Waals surface area contributed by atoms with E-state index in [-0.39, 0.29) is 6.61 Å². The highest BCUT2D eigenvalue weighted by molar-refractivity contribution is 7.79. The molecule has 0 saturated carbocycles. The number of aliphatic hydroxyl groups is 1. The molecule has 0 aliphatic carbocycles. The molecule has 0 spiro atoms. The lowest BCUT2D eigenvalue weighted by atomic mass is 10.1. The van der Waals surface area contributed by atoms with Gasteiger partial charge in [0.1, 0.15) is 0 Å². The maximum absolute atomic E-state index is 8.91. The molecule has 0 atom stereocenters. The Morgan fingerprint density at radius 1 is 1.45 bits per heavy atom. The molecule has 0 aliphatic rings. The minimum atomic E-state index is 0.119. The molecule has 0 aromatic heterocycles. The molecule has 0 radical (unpaired) electrons. The van der Waals surface area contributed by atoms with Gasteiger partial charge in [-0.1, -0.05) is 18.2 Å². The smallest absolute Gasteiger partial charge is 0.0684 e. The van der Waals surface area contributed by atoms with E-state index >= 15 is 0 Å². The molecule has 0 amide bonds. The molecule has 11 heavy (non-hydrogen) atoms. The third-order valence-electron chi connectivity index (χ3n) is 1.77. The van der Waals surface area contributed by atoms with Gasteiger partial charge in [0, 0.05) is 5.75 Å². The Morgan fingerprint density at radius 3 is 2.73 bits per heavy atom. The molecule has 0 heterocycles. The first-order chi connectivity index (χ1) is 5.27. The molecule has 0 fully saturated rings. The van der Waals surface area contributed by atoms with Gasteiger partial charge >= 0.3 is 0 Å². The van der Waals surface area contributed by atoms with Crippen LogP contribution in [0, 0.1) is 6.92 Å². The summed E-state index contributed by atoms with van der Waals surface area (Å²) in [5.74, 6) is 0.729. The average molecular weight is 168 g/mol. The fourth-order valence-corrected chi connectivity index (χ4v) is 1.19. The van der Waals surface area contributed by atoms with Gasteiger partial charge in [-0.25, -0.2) is 0 Å². The van der Waals surface area contributed by atoms with Gasteiger partial charge in [-0.3, -0.25) is 0 Å². The Kier molecular flexibility index (Phi) is 2.97. The summed E-state index contributed by atoms with van der Waals surface area (Å²) >= 11 is 4.15. The van der Waals surface area contributed by atoms with Crippen molar-refractivity contribution < 1.29 is 5.11 Å². The first-order valence-electron chi connectivity index (χ1n) is 3.58. The second kappa shape index (κ2) is 3.79. The van der Waals surface area contributed by atoms with Crippen LogP contribution in [0.25, 0.3) is 0 Å². The summed E-state index contributed by atoms with van der Waals surface area (Å²) in [4.78, 5) is 0. The van der Waals surface area contributed by atoms with Crippen molar-refractivity contribution in [3.05, 3.63) is 34.9 Å². The second-order valence-corrected chi connectivity index (χ2v) is 2.89. The van der Waals surface area contributed by atoms with Crippen molar-refractivity contribution in [3.8, 4) is 0 Å². The lowest BCUT2D eigenvalue weighted by molar-refractivity contribution is 0.281. The molecule has 1 nitrogen and oxygen atoms in total. The molecular formula is C9H12OS. The van der Waals surface area contributed by atoms with E-state index in [1.165, 1.54) is 0 Å². The highest BCUT2D eigenvalue weighted by Crippen LogP contribution is 2.12. The number of aryl methyl sites for hydroxylation is 1. The van der Waals surface area contributed by atoms with Crippen LogP contribution < -0.4 is 0 Å². The maximum Gasteiger partial charge on any atom is 0.0684 e. The average Bonchev–Trinajstić information content (AvgIpc) is 2.05. The van der Waals surface area contributed by atoms with Crippen LogP contribution in [0.2, 0.25) is 0 Å². The number of aliphatic hydroxyl groups excluding tert-OH is 1. The van der Waals surface area contributed by atoms with Crippen LogP contribution >= 0.6 is 12.6 Å². The summed E-state index contributed by atoms with van der Waals surface area (Å²) in [6, 6.07) is 6.03. The van der Waals surface area contributed by atoms with Gasteiger partial charge in [0.05, 0.1) is 6.61 Å². The molecule has 1 aromatic carbocycles. The van der Waals surface area contributed by atoms with Crippen molar-refractivity contribution in [1.82, 2.24) is 0 Å². The lowest BCUT2D eigenvalue weighted by Crippen LogP contribution is -1.90. The molecule has 1 N–H and O–H groups in total. The molecule has 1 aromatic rings. The summed E-state index contributed by atoms with van der Waals surface area (Å²) in [7, 11) is 0. The highest BCUT2D eigenvalue weighted by atomic mass is 32.1. The van der Waals surface area contributed by atoms with Gasteiger partial charge in [-0.05, 0) is 23.6 Å². The van der Waals surface area contributed by atoms with E-state index in [1.807, 2.05) is 25.1 Å². The monoisotopic (exact) mass is 168 g/mol. The SMILES string of the molecule is Cc1ccc(CS)cc1CO. The zero-order valence-corrected chi connectivity index (χ0v) is 7.44. The summed E-state index contributed by atoms with van der Waals surface area (Å²) in [6.45, 7) is 2.11. The van der Waals surface area contributed by atoms with Crippen molar-refractivity contribution in [2.45, 2.75) is 19.3 Å². The molecule has 2 heteroatoms. The standard InChI is InChI=1S/C9H12OS/c1-7-2-3-8(6-11)4-9(7)5-10/h2-4,10-11H,5-6H2,1H3. The Hall–Kier alpha value is -0.470. The van der Waals surface area contributed by atoms with E-state index in [9.17, 15) is 0 Å². The van der Waals surface area contributed by atoms with E-state index in [0.29, 0.717) is 0 Å². The molecule has 0 saturated heterocycles. The Bertz CT molecular complexity index is 245. The molecular weight excluding hydrogens is 156 g/mol. The van der Waals surface area contributed by atoms with Crippen LogP contribution in [0.4, 0.5) is 0 Å². The normalized spacial score (nSPS) is 10.1. The van der Waals surface area contributed by atoms with E-state index in [2.05, 4.69) is 12.6 Å². The summed E-state index contributed by atoms with van der Waals surface area (Å²) in [6.07, 6.45) is 0. The Balaban J connectivity index is 3.02. The quantitative estimate of drug-likeness (QED) is 0.646. The number of rotatable bonds is 2. The van der Waals surface area contributed by atoms with Crippen molar-refractivity contribution in [3.63, 3.8) is 0 Å². The second-order valence-electron chi connectivity index (χ2n) is 2.58. The third kappa shape index (κ3) is 1.98. The van der Waals surface area contributed by atoms with Crippen LogP contribution in [0.15, 0.2) is 18.2 Å². The highest BCUT2D eigenvalue weighted by Gasteiger charge is 1.96. The van der Waals surface area contributed by atoms with Crippen molar-refractivity contribution in [2.24, 2.45) is 0 Å². The fourth-order valence-electron chi connectivity index (χ4n) is 0.994. The van der Waals surface area contributed by atoms with E-state index in [0.717, 1.165) is 22.4 Å². The third-order valence-corrected chi connectivity index (χ3v) is 2.13. The van der Waals surface area contributed by atoms with E-state index < -0.39 is 0 Å². The van der Waals surface area contributed by atoms with Gasteiger partial charge in [0.2, 0.25) is 0 Å². The van der Waals surface area contributed by atoms with Crippen LogP contribution in [-0.2, 0) is 12.4 Å². The summed E-state index contributed by atoms with van der Waals surface area (Å²) in [5.41, 5.74) is 3.29. The van der Waals surface area contributed by atoms with Crippen molar-refractivity contribution in [1.29, 1.82) is 0 Å². The number of benzene rings is 1. The summed E-state index contributed by atoms with van der Waals surface area (Å²) in [5, 5.41) is 8.91. The van der Waals surface area contributed by atoms with Gasteiger partial charge in [0.25, 0.3) is 0 Å². The lowest BCUT2D eigenvalue weighted by Gasteiger charge is -2.03. The maximum atomic E-state index is 8.91. The Morgan fingerprint density at radius 2 is 2.18 bits per heavy atom. The van der Waals surface area contributed by atoms with E-state index in [1.54, 1.807) is 0 Å². The van der Waals surface area contributed by atoms with Crippen LogP contribution in [0.3, 0.4) is 0 Å². The van der Waals surface area contributed by atoms with E-state index in [4.69, 9.17) is 5.11 Å². The van der Waals surface area contributed by atoms with Gasteiger partial charge in [0.15, 0.2) is 0 Å². The molecule has 0 unspecified atom stereocenters. The van der Waals surface area contributed by atoms with Crippen molar-refractivity contribution in [2.75, 3.05) is 0 Å². The molecule has 1 rings (SSSR count). The largest absolute Gasteiger partial charge is 0.392 e. The zero-order chi connectivity index (χ0) is 8.27. The summed E-state index contributed by atoms with van der Waals surface area (Å²) < 4.78 is 0. The minimum absolute atomic E-state index is 0.119. The predicted molar refractivity (Wildman–Crippen MR) is 49.8 cm³/mol. The molecule has 60 valence electrons. The number of hydrogen-bond acceptors (Lipinski definition) is 2. The van der Waals surface area contributed by atoms with Gasteiger partial charge < -0.3 is 5.11 Å². The first kappa shape index (κ1) is 8.62. The Labute approximate surface area is 72.5 Å². The minimum Gasteiger partial charge on any atom is -0.392 e. The van der Waals surface area contributed by atoms with Gasteiger partial charge in [-0.2, -0.15) is 12.6 Å². The topological polar surface area (TPSA) is 20.2 Å². The number of hydrogen-bond donors (Lipinski definition) is 2. The van der Waals surface area contributed by atoms with Gasteiger partial charge in [-0.15, -0.1) is 0 Å². The zero-order valence-electron chi connectivity index (χ0n) is 6.54. The predicted octanol–water partition coefficient (Wildman–Crippen LogP) is 1.92. The number of thiol groups is 1. The molecule has 0 aliphatic heterocycles. The first-order valence-corrected chi connectivity index (χ1v) is 4.21. The van der Waals surface area contributed by atoms with Crippen molar-refractivity contribution >= 4 is 12.6 Å².